The highest BCUT2D eigenvalue weighted by Crippen LogP contribution is 2.37. The second-order valence-electron chi connectivity index (χ2n) is 4.68. The number of amides is 1. The number of hydrogen-bond acceptors (Lipinski definition) is 4. The lowest BCUT2D eigenvalue weighted by Crippen LogP contribution is -2.13. The number of carbonyl (C=O) groups is 1. The van der Waals surface area contributed by atoms with Crippen molar-refractivity contribution in [2.24, 2.45) is 0 Å². The quantitative estimate of drug-likeness (QED) is 0.888. The zero-order valence-electron chi connectivity index (χ0n) is 10.8. The van der Waals surface area contributed by atoms with Crippen molar-refractivity contribution in [3.8, 4) is 5.75 Å². The third-order valence-corrected chi connectivity index (χ3v) is 3.01. The summed E-state index contributed by atoms with van der Waals surface area (Å²) in [5, 5.41) is 9.18. The van der Waals surface area contributed by atoms with Crippen molar-refractivity contribution < 1.29 is 18.3 Å². The van der Waals surface area contributed by atoms with E-state index in [1.54, 1.807) is 0 Å². The average molecular weight is 294 g/mol. The second-order valence-corrected chi connectivity index (χ2v) is 4.68. The predicted octanol–water partition coefficient (Wildman–Crippen LogP) is 2.54. The van der Waals surface area contributed by atoms with Crippen LogP contribution in [0, 0.1) is 0 Å². The summed E-state index contributed by atoms with van der Waals surface area (Å²) in [7, 11) is 0. The number of ether oxygens (including phenoxy) is 1. The molecule has 2 aromatic rings. The third kappa shape index (κ3) is 3.33. The lowest BCUT2D eigenvalue weighted by atomic mass is 10.3. The van der Waals surface area contributed by atoms with Gasteiger partial charge in [0.2, 0.25) is 5.82 Å². The van der Waals surface area contributed by atoms with Crippen LogP contribution in [0.2, 0.25) is 0 Å². The largest absolute Gasteiger partial charge is 0.435 e. The van der Waals surface area contributed by atoms with Crippen LogP contribution in [-0.4, -0.2) is 27.7 Å². The molecule has 1 amide bonds. The Labute approximate surface area is 118 Å². The monoisotopic (exact) mass is 294 g/mol. The highest BCUT2D eigenvalue weighted by molar-refractivity contribution is 6.01. The van der Waals surface area contributed by atoms with Gasteiger partial charge in [-0.25, -0.2) is 4.98 Å². The summed E-state index contributed by atoms with van der Waals surface area (Å²) in [5.74, 6) is 0.730. The lowest BCUT2D eigenvalue weighted by molar-refractivity contribution is -0.0498. The minimum atomic E-state index is -2.88. The molecule has 0 radical (unpaired) electrons. The van der Waals surface area contributed by atoms with Crippen LogP contribution >= 0.6 is 0 Å². The average Bonchev–Trinajstić information content (AvgIpc) is 3.18. The van der Waals surface area contributed by atoms with Gasteiger partial charge in [-0.3, -0.25) is 9.89 Å². The van der Waals surface area contributed by atoms with E-state index in [1.807, 2.05) is 0 Å². The zero-order valence-corrected chi connectivity index (χ0v) is 10.8. The predicted molar refractivity (Wildman–Crippen MR) is 69.4 cm³/mol. The maximum atomic E-state index is 12.0. The maximum Gasteiger partial charge on any atom is 0.387 e. The molecule has 0 spiro atoms. The number of carbonyl (C=O) groups excluding carboxylic acids is 1. The van der Waals surface area contributed by atoms with Crippen LogP contribution < -0.4 is 10.1 Å². The number of H-pyrrole nitrogens is 1. The Morgan fingerprint density at radius 1 is 1.33 bits per heavy atom. The van der Waals surface area contributed by atoms with Crippen LogP contribution in [0.5, 0.6) is 5.75 Å². The van der Waals surface area contributed by atoms with Crippen molar-refractivity contribution in [1.82, 2.24) is 15.2 Å². The first-order valence-electron chi connectivity index (χ1n) is 6.40. The Morgan fingerprint density at radius 2 is 2.05 bits per heavy atom. The van der Waals surface area contributed by atoms with E-state index in [1.165, 1.54) is 24.3 Å². The van der Waals surface area contributed by atoms with Gasteiger partial charge in [0.25, 0.3) is 5.91 Å². The Morgan fingerprint density at radius 3 is 2.67 bits per heavy atom. The van der Waals surface area contributed by atoms with Gasteiger partial charge in [0.15, 0.2) is 0 Å². The fourth-order valence-electron chi connectivity index (χ4n) is 1.82. The highest BCUT2D eigenvalue weighted by atomic mass is 19.3. The molecule has 2 N–H and O–H groups in total. The van der Waals surface area contributed by atoms with Gasteiger partial charge in [0.05, 0.1) is 0 Å². The molecule has 1 fully saturated rings. The third-order valence-electron chi connectivity index (χ3n) is 3.01. The summed E-state index contributed by atoms with van der Waals surface area (Å²) in [6.45, 7) is -2.88. The Kier molecular flexibility index (Phi) is 3.51. The lowest BCUT2D eigenvalue weighted by Gasteiger charge is -2.06. The van der Waals surface area contributed by atoms with Crippen LogP contribution in [-0.2, 0) is 0 Å². The van der Waals surface area contributed by atoms with Crippen molar-refractivity contribution in [3.05, 3.63) is 35.9 Å². The SMILES string of the molecule is O=C(Nc1ccc(OC(F)F)cc1)c1n[nH]c(C2CC2)n1. The van der Waals surface area contributed by atoms with E-state index in [-0.39, 0.29) is 11.6 Å². The summed E-state index contributed by atoms with van der Waals surface area (Å²) >= 11 is 0. The molecule has 21 heavy (non-hydrogen) atoms. The molecule has 1 aliphatic carbocycles. The Hall–Kier alpha value is -2.51. The van der Waals surface area contributed by atoms with Crippen LogP contribution in [0.4, 0.5) is 14.5 Å². The molecule has 0 unspecified atom stereocenters. The smallest absolute Gasteiger partial charge is 0.387 e. The van der Waals surface area contributed by atoms with Crippen molar-refractivity contribution in [2.75, 3.05) is 5.32 Å². The van der Waals surface area contributed by atoms with Gasteiger partial charge in [-0.1, -0.05) is 0 Å². The van der Waals surface area contributed by atoms with Gasteiger partial charge < -0.3 is 10.1 Å². The fraction of sp³-hybridized carbons (Fsp3) is 0.308. The number of halogens is 2. The van der Waals surface area contributed by atoms with E-state index in [0.717, 1.165) is 18.7 Å². The molecule has 0 bridgehead atoms. The first-order chi connectivity index (χ1) is 10.1. The molecule has 0 aliphatic heterocycles. The minimum absolute atomic E-state index is 0.0249. The molecule has 1 saturated carbocycles. The van der Waals surface area contributed by atoms with Gasteiger partial charge in [-0.15, -0.1) is 5.10 Å². The van der Waals surface area contributed by atoms with E-state index in [9.17, 15) is 13.6 Å². The maximum absolute atomic E-state index is 12.0. The summed E-state index contributed by atoms with van der Waals surface area (Å²) in [4.78, 5) is 16.0. The highest BCUT2D eigenvalue weighted by Gasteiger charge is 2.28. The van der Waals surface area contributed by atoms with Crippen molar-refractivity contribution in [2.45, 2.75) is 25.4 Å². The molecule has 3 rings (SSSR count). The van der Waals surface area contributed by atoms with Crippen molar-refractivity contribution >= 4 is 11.6 Å². The number of benzene rings is 1. The number of aromatic amines is 1. The zero-order chi connectivity index (χ0) is 14.8. The van der Waals surface area contributed by atoms with E-state index in [4.69, 9.17) is 0 Å². The Bertz CT molecular complexity index is 638. The number of nitrogens with zero attached hydrogens (tertiary/aromatic N) is 2. The molecule has 0 saturated heterocycles. The molecule has 110 valence electrons. The summed E-state index contributed by atoms with van der Waals surface area (Å²) in [5.41, 5.74) is 0.444. The first-order valence-corrected chi connectivity index (χ1v) is 6.40. The van der Waals surface area contributed by atoms with E-state index < -0.39 is 12.5 Å². The molecule has 8 heteroatoms. The molecule has 0 atom stereocenters. The van der Waals surface area contributed by atoms with Crippen LogP contribution in [0.15, 0.2) is 24.3 Å². The topological polar surface area (TPSA) is 79.9 Å². The summed E-state index contributed by atoms with van der Waals surface area (Å²) in [6, 6.07) is 5.61. The molecule has 1 aliphatic rings. The normalized spacial score (nSPS) is 14.2. The van der Waals surface area contributed by atoms with Gasteiger partial charge >= 0.3 is 6.61 Å². The van der Waals surface area contributed by atoms with Crippen molar-refractivity contribution in [3.63, 3.8) is 0 Å². The van der Waals surface area contributed by atoms with Gasteiger partial charge in [0, 0.05) is 11.6 Å². The molecule has 1 aromatic heterocycles. The van der Waals surface area contributed by atoms with E-state index in [0.29, 0.717) is 11.6 Å². The van der Waals surface area contributed by atoms with Gasteiger partial charge in [0.1, 0.15) is 11.6 Å². The fourth-order valence-corrected chi connectivity index (χ4v) is 1.82. The standard InChI is InChI=1S/C13H12F2N4O2/c14-13(15)21-9-5-3-8(4-6-9)16-12(20)11-17-10(18-19-11)7-1-2-7/h3-7,13H,1-2H2,(H,16,20)(H,17,18,19). The first kappa shape index (κ1) is 13.5. The number of rotatable bonds is 5. The van der Waals surface area contributed by atoms with Gasteiger partial charge in [-0.05, 0) is 37.1 Å². The number of nitrogens with one attached hydrogen (secondary N) is 2. The van der Waals surface area contributed by atoms with Crippen molar-refractivity contribution in [1.29, 1.82) is 0 Å². The van der Waals surface area contributed by atoms with Gasteiger partial charge in [-0.2, -0.15) is 8.78 Å². The minimum Gasteiger partial charge on any atom is -0.435 e. The number of aromatic nitrogens is 3. The number of alkyl halides is 2. The van der Waals surface area contributed by atoms with Crippen LogP contribution in [0.25, 0.3) is 0 Å². The number of anilines is 1. The van der Waals surface area contributed by atoms with Crippen LogP contribution in [0.3, 0.4) is 0 Å². The molecular formula is C13H12F2N4O2. The van der Waals surface area contributed by atoms with Crippen LogP contribution in [0.1, 0.15) is 35.2 Å². The Balaban J connectivity index is 1.63. The molecule has 6 nitrogen and oxygen atoms in total. The number of hydrogen-bond donors (Lipinski definition) is 2. The molecule has 1 heterocycles. The van der Waals surface area contributed by atoms with E-state index in [2.05, 4.69) is 25.2 Å². The summed E-state index contributed by atoms with van der Waals surface area (Å²) < 4.78 is 28.2. The molecule has 1 aromatic carbocycles. The van der Waals surface area contributed by atoms with E-state index >= 15 is 0 Å². The second kappa shape index (κ2) is 5.47. The molecular weight excluding hydrogens is 282 g/mol. The summed E-state index contributed by atoms with van der Waals surface area (Å²) in [6.07, 6.45) is 2.11.